The number of halogens is 1. The predicted octanol–water partition coefficient (Wildman–Crippen LogP) is 3.21. The summed E-state index contributed by atoms with van der Waals surface area (Å²) in [7, 11) is 0. The second-order valence-corrected chi connectivity index (χ2v) is 6.49. The van der Waals surface area contributed by atoms with Crippen LogP contribution in [0, 0.1) is 5.92 Å². The van der Waals surface area contributed by atoms with Crippen molar-refractivity contribution in [2.45, 2.75) is 57.5 Å². The van der Waals surface area contributed by atoms with Gasteiger partial charge in [-0.1, -0.05) is 56.4 Å². The summed E-state index contributed by atoms with van der Waals surface area (Å²) < 4.78 is 0. The lowest BCUT2D eigenvalue weighted by Gasteiger charge is -2.26. The van der Waals surface area contributed by atoms with Crippen molar-refractivity contribution in [3.05, 3.63) is 35.4 Å². The monoisotopic (exact) mass is 322 g/mol. The minimum atomic E-state index is -0.0637. The minimum absolute atomic E-state index is 0. The van der Waals surface area contributed by atoms with E-state index in [0.29, 0.717) is 0 Å². The van der Waals surface area contributed by atoms with Crippen LogP contribution in [-0.2, 0) is 17.8 Å². The van der Waals surface area contributed by atoms with Gasteiger partial charge in [0.05, 0.1) is 6.04 Å². The third kappa shape index (κ3) is 4.47. The van der Waals surface area contributed by atoms with Crippen molar-refractivity contribution >= 4 is 18.3 Å². The molecule has 22 heavy (non-hydrogen) atoms. The molecule has 0 aromatic heterocycles. The highest BCUT2D eigenvalue weighted by molar-refractivity contribution is 5.85. The van der Waals surface area contributed by atoms with Crippen LogP contribution in [0.5, 0.6) is 0 Å². The van der Waals surface area contributed by atoms with Crippen molar-refractivity contribution in [2.75, 3.05) is 6.54 Å². The molecule has 0 bridgehead atoms. The Morgan fingerprint density at radius 3 is 2.64 bits per heavy atom. The molecule has 0 saturated heterocycles. The van der Waals surface area contributed by atoms with Gasteiger partial charge in [0.1, 0.15) is 0 Å². The van der Waals surface area contributed by atoms with Gasteiger partial charge in [-0.25, -0.2) is 0 Å². The van der Waals surface area contributed by atoms with E-state index >= 15 is 0 Å². The van der Waals surface area contributed by atoms with Gasteiger partial charge in [0.15, 0.2) is 0 Å². The summed E-state index contributed by atoms with van der Waals surface area (Å²) in [5, 5.41) is 6.48. The lowest BCUT2D eigenvalue weighted by Crippen LogP contribution is -2.48. The second kappa shape index (κ2) is 8.54. The van der Waals surface area contributed by atoms with Crippen LogP contribution in [-0.4, -0.2) is 18.5 Å². The molecular weight excluding hydrogens is 296 g/mol. The number of rotatable bonds is 4. The average Bonchev–Trinajstić information content (AvgIpc) is 2.55. The Bertz CT molecular complexity index is 486. The summed E-state index contributed by atoms with van der Waals surface area (Å²) in [5.41, 5.74) is 2.63. The molecule has 1 aromatic carbocycles. The van der Waals surface area contributed by atoms with E-state index in [1.807, 2.05) is 0 Å². The zero-order valence-corrected chi connectivity index (χ0v) is 14.0. The average molecular weight is 323 g/mol. The lowest BCUT2D eigenvalue weighted by molar-refractivity contribution is -0.123. The van der Waals surface area contributed by atoms with Gasteiger partial charge >= 0.3 is 0 Å². The Kier molecular flexibility index (Phi) is 6.71. The Balaban J connectivity index is 0.00000176. The Morgan fingerprint density at radius 2 is 1.86 bits per heavy atom. The van der Waals surface area contributed by atoms with Gasteiger partial charge < -0.3 is 10.6 Å². The number of hydrogen-bond acceptors (Lipinski definition) is 2. The van der Waals surface area contributed by atoms with E-state index in [1.54, 1.807) is 0 Å². The maximum atomic E-state index is 12.3. The molecule has 0 radical (unpaired) electrons. The fourth-order valence-electron chi connectivity index (χ4n) is 3.64. The van der Waals surface area contributed by atoms with Crippen LogP contribution >= 0.6 is 12.4 Å². The second-order valence-electron chi connectivity index (χ2n) is 6.49. The first kappa shape index (κ1) is 17.3. The quantitative estimate of drug-likeness (QED) is 0.893. The van der Waals surface area contributed by atoms with E-state index in [1.165, 1.54) is 43.2 Å². The summed E-state index contributed by atoms with van der Waals surface area (Å²) in [4.78, 5) is 12.3. The molecule has 0 spiro atoms. The zero-order chi connectivity index (χ0) is 14.5. The van der Waals surface area contributed by atoms with E-state index in [4.69, 9.17) is 0 Å². The molecule has 1 unspecified atom stereocenters. The first-order valence-electron chi connectivity index (χ1n) is 8.41. The third-order valence-corrected chi connectivity index (χ3v) is 4.97. The number of benzene rings is 1. The van der Waals surface area contributed by atoms with Crippen LogP contribution < -0.4 is 10.6 Å². The number of fused-ring (bicyclic) bond motifs is 1. The minimum Gasteiger partial charge on any atom is -0.355 e. The smallest absolute Gasteiger partial charge is 0.237 e. The van der Waals surface area contributed by atoms with E-state index in [9.17, 15) is 4.79 Å². The molecule has 4 heteroatoms. The maximum Gasteiger partial charge on any atom is 0.237 e. The van der Waals surface area contributed by atoms with Crippen molar-refractivity contribution in [3.63, 3.8) is 0 Å². The van der Waals surface area contributed by atoms with Crippen LogP contribution in [0.3, 0.4) is 0 Å². The van der Waals surface area contributed by atoms with Crippen LogP contribution in [0.15, 0.2) is 24.3 Å². The number of hydrogen-bond donors (Lipinski definition) is 2. The molecule has 3 rings (SSSR count). The SMILES string of the molecule is Cl.O=C(NCCC1CCCCC1)C1Cc2ccccc2CN1. The van der Waals surface area contributed by atoms with E-state index in [2.05, 4.69) is 34.9 Å². The molecule has 1 aliphatic carbocycles. The number of nitrogens with one attached hydrogen (secondary N) is 2. The largest absolute Gasteiger partial charge is 0.355 e. The van der Waals surface area contributed by atoms with Crippen LogP contribution in [0.1, 0.15) is 49.7 Å². The Labute approximate surface area is 139 Å². The Morgan fingerprint density at radius 1 is 1.14 bits per heavy atom. The van der Waals surface area contributed by atoms with Crippen LogP contribution in [0.2, 0.25) is 0 Å². The van der Waals surface area contributed by atoms with E-state index in [0.717, 1.165) is 31.8 Å². The summed E-state index contributed by atoms with van der Waals surface area (Å²) in [6.45, 7) is 1.64. The highest BCUT2D eigenvalue weighted by atomic mass is 35.5. The molecular formula is C18H27ClN2O. The summed E-state index contributed by atoms with van der Waals surface area (Å²) in [6.07, 6.45) is 8.81. The molecule has 1 saturated carbocycles. The number of amides is 1. The molecule has 1 heterocycles. The van der Waals surface area contributed by atoms with Gasteiger partial charge in [-0.05, 0) is 29.9 Å². The molecule has 3 nitrogen and oxygen atoms in total. The number of carbonyl (C=O) groups excluding carboxylic acids is 1. The van der Waals surface area contributed by atoms with Gasteiger partial charge in [0.2, 0.25) is 5.91 Å². The van der Waals surface area contributed by atoms with Crippen LogP contribution in [0.4, 0.5) is 0 Å². The van der Waals surface area contributed by atoms with Crippen LogP contribution in [0.25, 0.3) is 0 Å². The summed E-state index contributed by atoms with van der Waals surface area (Å²) in [5.74, 6) is 0.999. The van der Waals surface area contributed by atoms with E-state index < -0.39 is 0 Å². The zero-order valence-electron chi connectivity index (χ0n) is 13.1. The maximum absolute atomic E-state index is 12.3. The van der Waals surface area contributed by atoms with Crippen molar-refractivity contribution < 1.29 is 4.79 Å². The first-order valence-corrected chi connectivity index (χ1v) is 8.41. The van der Waals surface area contributed by atoms with Crippen molar-refractivity contribution in [1.29, 1.82) is 0 Å². The lowest BCUT2D eigenvalue weighted by atomic mass is 9.87. The fourth-order valence-corrected chi connectivity index (χ4v) is 3.64. The molecule has 2 aliphatic rings. The summed E-state index contributed by atoms with van der Waals surface area (Å²) in [6, 6.07) is 8.33. The molecule has 122 valence electrons. The summed E-state index contributed by atoms with van der Waals surface area (Å²) >= 11 is 0. The normalized spacial score (nSPS) is 21.5. The molecule has 1 atom stereocenters. The van der Waals surface area contributed by atoms with E-state index in [-0.39, 0.29) is 24.4 Å². The van der Waals surface area contributed by atoms with Gasteiger partial charge in [-0.2, -0.15) is 0 Å². The topological polar surface area (TPSA) is 41.1 Å². The highest BCUT2D eigenvalue weighted by Crippen LogP contribution is 2.25. The molecule has 1 amide bonds. The van der Waals surface area contributed by atoms with Crippen molar-refractivity contribution in [2.24, 2.45) is 5.92 Å². The van der Waals surface area contributed by atoms with Gasteiger partial charge in [-0.3, -0.25) is 4.79 Å². The molecule has 1 aromatic rings. The predicted molar refractivity (Wildman–Crippen MR) is 92.2 cm³/mol. The van der Waals surface area contributed by atoms with Crippen molar-refractivity contribution in [1.82, 2.24) is 10.6 Å². The van der Waals surface area contributed by atoms with Crippen molar-refractivity contribution in [3.8, 4) is 0 Å². The standard InChI is InChI=1S/C18H26N2O.ClH/c21-18(19-11-10-14-6-2-1-3-7-14)17-12-15-8-4-5-9-16(15)13-20-17;/h4-5,8-9,14,17,20H,1-3,6-7,10-13H2,(H,19,21);1H. The van der Waals surface area contributed by atoms with Gasteiger partial charge in [0, 0.05) is 13.1 Å². The third-order valence-electron chi connectivity index (χ3n) is 4.97. The first-order chi connectivity index (χ1) is 10.3. The number of carbonyl (C=O) groups is 1. The van der Waals surface area contributed by atoms with Gasteiger partial charge in [0.25, 0.3) is 0 Å². The highest BCUT2D eigenvalue weighted by Gasteiger charge is 2.23. The molecule has 2 N–H and O–H groups in total. The molecule has 1 aliphatic heterocycles. The Hall–Kier alpha value is -1.06. The fraction of sp³-hybridized carbons (Fsp3) is 0.611. The van der Waals surface area contributed by atoms with Gasteiger partial charge in [-0.15, -0.1) is 12.4 Å². The molecule has 1 fully saturated rings.